The molecular weight excluding hydrogens is 494 g/mol. The van der Waals surface area contributed by atoms with E-state index in [1.165, 1.54) is 36.7 Å². The van der Waals surface area contributed by atoms with Crippen molar-refractivity contribution in [2.24, 2.45) is 11.8 Å². The van der Waals surface area contributed by atoms with Crippen LogP contribution in [-0.4, -0.2) is 61.9 Å². The first kappa shape index (κ1) is 22.3. The minimum Gasteiger partial charge on any atom is -0.368 e. The van der Waals surface area contributed by atoms with E-state index >= 15 is 0 Å². The van der Waals surface area contributed by atoms with Crippen LogP contribution in [0.4, 0.5) is 23.3 Å². The van der Waals surface area contributed by atoms with E-state index in [0.717, 1.165) is 70.7 Å². The van der Waals surface area contributed by atoms with E-state index in [0.29, 0.717) is 11.8 Å². The van der Waals surface area contributed by atoms with Gasteiger partial charge < -0.3 is 16.0 Å². The number of benzene rings is 1. The second-order valence-electron chi connectivity index (χ2n) is 10.1. The number of nitrogens with two attached hydrogens (primary N) is 1. The van der Waals surface area contributed by atoms with Crippen LogP contribution in [-0.2, 0) is 0 Å². The summed E-state index contributed by atoms with van der Waals surface area (Å²) in [7, 11) is 0. The largest absolute Gasteiger partial charge is 0.368 e. The smallest absolute Gasteiger partial charge is 0.248 e. The minimum absolute atomic E-state index is 0.252. The number of halogens is 1. The number of piperazine rings is 1. The third-order valence-corrected chi connectivity index (χ3v) is 9.29. The van der Waals surface area contributed by atoms with Crippen LogP contribution in [0.2, 0.25) is 5.02 Å². The van der Waals surface area contributed by atoms with Crippen LogP contribution in [0.3, 0.4) is 0 Å². The standard InChI is InChI=1S/C25H28ClN9S/c26-18-13-17(30-25-31-24(27)35(32-25)23-22-19(5-10-36-22)28-14-29-23)3-4-20(18)33-6-8-34(9-7-33)21-12-15-1-2-16(21)11-15/h3-5,10,13-16,21H,1-2,6-9,11-12H2,(H3,27,30,31,32)/t15-,16+,21+/m1/s1. The Balaban J connectivity index is 1.04. The molecule has 2 bridgehead atoms. The third kappa shape index (κ3) is 3.88. The molecule has 3 aromatic heterocycles. The normalized spacial score (nSPS) is 24.1. The Labute approximate surface area is 218 Å². The number of nitrogens with zero attached hydrogens (tertiary/aromatic N) is 7. The van der Waals surface area contributed by atoms with Gasteiger partial charge in [-0.25, -0.2) is 9.97 Å². The highest BCUT2D eigenvalue weighted by atomic mass is 35.5. The van der Waals surface area contributed by atoms with E-state index in [9.17, 15) is 0 Å². The van der Waals surface area contributed by atoms with Crippen LogP contribution >= 0.6 is 22.9 Å². The highest BCUT2D eigenvalue weighted by Crippen LogP contribution is 2.47. The van der Waals surface area contributed by atoms with E-state index in [-0.39, 0.29) is 5.95 Å². The number of hydrogen-bond acceptors (Lipinski definition) is 9. The first-order chi connectivity index (χ1) is 17.6. The molecule has 0 spiro atoms. The molecule has 3 N–H and O–H groups in total. The van der Waals surface area contributed by atoms with Gasteiger partial charge in [0, 0.05) is 37.9 Å². The van der Waals surface area contributed by atoms with E-state index in [1.54, 1.807) is 11.3 Å². The molecule has 3 aliphatic rings. The summed E-state index contributed by atoms with van der Waals surface area (Å²) in [6, 6.07) is 8.78. The van der Waals surface area contributed by atoms with Gasteiger partial charge in [0.25, 0.3) is 0 Å². The number of anilines is 4. The van der Waals surface area contributed by atoms with Crippen LogP contribution in [0, 0.1) is 11.8 Å². The van der Waals surface area contributed by atoms with Crippen molar-refractivity contribution in [2.75, 3.05) is 42.1 Å². The number of thiophene rings is 1. The van der Waals surface area contributed by atoms with Crippen LogP contribution in [0.1, 0.15) is 25.7 Å². The Bertz CT molecular complexity index is 1410. The lowest BCUT2D eigenvalue weighted by atomic mass is 9.93. The lowest BCUT2D eigenvalue weighted by molar-refractivity contribution is 0.135. The summed E-state index contributed by atoms with van der Waals surface area (Å²) >= 11 is 8.29. The predicted molar refractivity (Wildman–Crippen MR) is 145 cm³/mol. The number of aromatic nitrogens is 5. The summed E-state index contributed by atoms with van der Waals surface area (Å²) in [6.07, 6.45) is 7.27. The number of nitrogens with one attached hydrogen (secondary N) is 1. The molecule has 4 aromatic rings. The van der Waals surface area contributed by atoms with Gasteiger partial charge in [0.2, 0.25) is 11.9 Å². The Morgan fingerprint density at radius 2 is 1.94 bits per heavy atom. The highest BCUT2D eigenvalue weighted by molar-refractivity contribution is 7.17. The van der Waals surface area contributed by atoms with Crippen LogP contribution in [0.5, 0.6) is 0 Å². The molecule has 0 unspecified atom stereocenters. The first-order valence-corrected chi connectivity index (χ1v) is 13.8. The quantitative estimate of drug-likeness (QED) is 0.394. The van der Waals surface area contributed by atoms with Crippen LogP contribution in [0.25, 0.3) is 16.0 Å². The summed E-state index contributed by atoms with van der Waals surface area (Å²) in [6.45, 7) is 4.26. The molecule has 1 aliphatic heterocycles. The van der Waals surface area contributed by atoms with Crippen molar-refractivity contribution in [2.45, 2.75) is 31.7 Å². The molecule has 1 saturated heterocycles. The highest BCUT2D eigenvalue weighted by Gasteiger charge is 2.42. The Kier molecular flexibility index (Phi) is 5.48. The van der Waals surface area contributed by atoms with Gasteiger partial charge in [0.15, 0.2) is 5.82 Å². The van der Waals surface area contributed by atoms with Crippen LogP contribution in [0.15, 0.2) is 36.0 Å². The zero-order valence-corrected chi connectivity index (χ0v) is 21.4. The molecule has 4 heterocycles. The molecule has 3 fully saturated rings. The molecule has 0 amide bonds. The Morgan fingerprint density at radius 1 is 1.06 bits per heavy atom. The average Bonchev–Trinajstić information content (AvgIpc) is 3.69. The Hall–Kier alpha value is -2.95. The average molecular weight is 522 g/mol. The fraction of sp³-hybridized carbons (Fsp3) is 0.440. The van der Waals surface area contributed by atoms with E-state index < -0.39 is 0 Å². The maximum Gasteiger partial charge on any atom is 0.248 e. The van der Waals surface area contributed by atoms with E-state index in [1.807, 2.05) is 23.6 Å². The van der Waals surface area contributed by atoms with Crippen molar-refractivity contribution in [3.8, 4) is 5.82 Å². The van der Waals surface area contributed by atoms with Crippen molar-refractivity contribution in [1.82, 2.24) is 29.6 Å². The number of hydrogen-bond donors (Lipinski definition) is 2. The molecule has 2 saturated carbocycles. The summed E-state index contributed by atoms with van der Waals surface area (Å²) in [5.41, 5.74) is 8.91. The zero-order valence-electron chi connectivity index (χ0n) is 19.8. The van der Waals surface area contributed by atoms with Crippen molar-refractivity contribution < 1.29 is 0 Å². The molecule has 7 rings (SSSR count). The summed E-state index contributed by atoms with van der Waals surface area (Å²) in [5.74, 6) is 3.18. The van der Waals surface area contributed by atoms with Gasteiger partial charge in [-0.15, -0.1) is 16.4 Å². The van der Waals surface area contributed by atoms with Gasteiger partial charge in [0.1, 0.15) is 6.33 Å². The van der Waals surface area contributed by atoms with Gasteiger partial charge in [-0.3, -0.25) is 4.90 Å². The first-order valence-electron chi connectivity index (χ1n) is 12.6. The molecule has 11 heteroatoms. The molecule has 2 aliphatic carbocycles. The molecule has 36 heavy (non-hydrogen) atoms. The molecule has 186 valence electrons. The van der Waals surface area contributed by atoms with E-state index in [4.69, 9.17) is 17.3 Å². The van der Waals surface area contributed by atoms with Gasteiger partial charge in [-0.2, -0.15) is 9.67 Å². The van der Waals surface area contributed by atoms with Gasteiger partial charge in [0.05, 0.1) is 20.9 Å². The van der Waals surface area contributed by atoms with Crippen molar-refractivity contribution in [3.05, 3.63) is 41.0 Å². The maximum atomic E-state index is 6.75. The monoisotopic (exact) mass is 521 g/mol. The molecular formula is C25H28ClN9S. The third-order valence-electron chi connectivity index (χ3n) is 8.09. The predicted octanol–water partition coefficient (Wildman–Crippen LogP) is 4.56. The van der Waals surface area contributed by atoms with Gasteiger partial charge in [-0.1, -0.05) is 18.0 Å². The van der Waals surface area contributed by atoms with Crippen molar-refractivity contribution >= 4 is 56.4 Å². The topological polar surface area (TPSA) is 101 Å². The molecule has 1 aromatic carbocycles. The van der Waals surface area contributed by atoms with Gasteiger partial charge >= 0.3 is 0 Å². The second-order valence-corrected chi connectivity index (χ2v) is 11.4. The molecule has 0 radical (unpaired) electrons. The lowest BCUT2D eigenvalue weighted by Crippen LogP contribution is -2.51. The second kappa shape index (κ2) is 8.86. The summed E-state index contributed by atoms with van der Waals surface area (Å²) in [5, 5.41) is 10.5. The fourth-order valence-electron chi connectivity index (χ4n) is 6.38. The number of nitrogen functional groups attached to an aromatic ring is 1. The summed E-state index contributed by atoms with van der Waals surface area (Å²) in [4.78, 5) is 18.2. The number of fused-ring (bicyclic) bond motifs is 3. The fourth-order valence-corrected chi connectivity index (χ4v) is 7.50. The van der Waals surface area contributed by atoms with Crippen LogP contribution < -0.4 is 16.0 Å². The Morgan fingerprint density at radius 3 is 2.72 bits per heavy atom. The summed E-state index contributed by atoms with van der Waals surface area (Å²) < 4.78 is 2.45. The maximum absolute atomic E-state index is 6.75. The van der Waals surface area contributed by atoms with E-state index in [2.05, 4.69) is 41.2 Å². The lowest BCUT2D eigenvalue weighted by Gasteiger charge is -2.42. The molecule has 3 atom stereocenters. The van der Waals surface area contributed by atoms with Crippen molar-refractivity contribution in [1.29, 1.82) is 0 Å². The molecule has 9 nitrogen and oxygen atoms in total. The zero-order chi connectivity index (χ0) is 24.2. The van der Waals surface area contributed by atoms with Crippen molar-refractivity contribution in [3.63, 3.8) is 0 Å². The SMILES string of the molecule is Nc1nc(Nc2ccc(N3CCN([C@H]4C[C@@H]5CC[C@H]4C5)CC3)c(Cl)c2)nn1-c1ncnc2ccsc12. The number of rotatable bonds is 5. The minimum atomic E-state index is 0.252. The van der Waals surface area contributed by atoms with Gasteiger partial charge in [-0.05, 0) is 60.7 Å².